The minimum Gasteiger partial charge on any atom is -0.364 e. The number of nitrogens with one attached hydrogen (secondary N) is 1. The van der Waals surface area contributed by atoms with E-state index in [2.05, 4.69) is 17.1 Å². The van der Waals surface area contributed by atoms with E-state index in [-0.39, 0.29) is 17.7 Å². The van der Waals surface area contributed by atoms with E-state index in [1.165, 1.54) is 12.3 Å². The summed E-state index contributed by atoms with van der Waals surface area (Å²) in [4.78, 5) is 25.9. The summed E-state index contributed by atoms with van der Waals surface area (Å²) in [6, 6.07) is 9.20. The Labute approximate surface area is 140 Å². The third-order valence-corrected chi connectivity index (χ3v) is 4.14. The van der Waals surface area contributed by atoms with Crippen LogP contribution in [-0.2, 0) is 9.59 Å². The highest BCUT2D eigenvalue weighted by Gasteiger charge is 2.27. The van der Waals surface area contributed by atoms with E-state index in [0.717, 1.165) is 18.4 Å². The number of aromatic nitrogens is 1. The van der Waals surface area contributed by atoms with Gasteiger partial charge in [-0.2, -0.15) is 0 Å². The molecule has 6 heteroatoms. The van der Waals surface area contributed by atoms with Gasteiger partial charge >= 0.3 is 0 Å². The van der Waals surface area contributed by atoms with Crippen LogP contribution in [0, 0.1) is 5.92 Å². The molecule has 1 aromatic heterocycles. The van der Waals surface area contributed by atoms with Gasteiger partial charge in [0, 0.05) is 30.4 Å². The van der Waals surface area contributed by atoms with Crippen molar-refractivity contribution in [3.8, 4) is 11.3 Å². The number of hydrogen-bond donors (Lipinski definition) is 1. The molecule has 0 radical (unpaired) electrons. The number of rotatable bonds is 4. The second kappa shape index (κ2) is 7.12. The van der Waals surface area contributed by atoms with E-state index in [1.54, 1.807) is 11.0 Å². The fourth-order valence-corrected chi connectivity index (χ4v) is 2.88. The summed E-state index contributed by atoms with van der Waals surface area (Å²) in [6.45, 7) is 4.61. The lowest BCUT2D eigenvalue weighted by molar-refractivity contribution is -0.130. The average Bonchev–Trinajstić information content (AvgIpc) is 3.16. The van der Waals surface area contributed by atoms with Crippen molar-refractivity contribution >= 4 is 17.5 Å². The Balaban J connectivity index is 1.67. The van der Waals surface area contributed by atoms with Gasteiger partial charge in [0.15, 0.2) is 0 Å². The zero-order chi connectivity index (χ0) is 16.9. The van der Waals surface area contributed by atoms with Crippen molar-refractivity contribution in [2.75, 3.05) is 18.4 Å². The molecule has 1 aliphatic rings. The Hall–Kier alpha value is -2.89. The van der Waals surface area contributed by atoms with E-state index < -0.39 is 0 Å². The maximum Gasteiger partial charge on any atom is 0.245 e. The minimum absolute atomic E-state index is 0.0751. The lowest BCUT2D eigenvalue weighted by atomic mass is 9.97. The van der Waals surface area contributed by atoms with E-state index >= 15 is 0 Å². The van der Waals surface area contributed by atoms with Gasteiger partial charge in [-0.05, 0) is 31.1 Å². The molecule has 1 N–H and O–H groups in total. The van der Waals surface area contributed by atoms with Crippen molar-refractivity contribution in [1.29, 1.82) is 0 Å². The van der Waals surface area contributed by atoms with Crippen LogP contribution >= 0.6 is 0 Å². The lowest BCUT2D eigenvalue weighted by Crippen LogP contribution is -2.43. The molecule has 6 nitrogen and oxygen atoms in total. The van der Waals surface area contributed by atoms with Crippen LogP contribution in [0.2, 0.25) is 0 Å². The van der Waals surface area contributed by atoms with Crippen molar-refractivity contribution < 1.29 is 14.1 Å². The van der Waals surface area contributed by atoms with E-state index in [4.69, 9.17) is 4.52 Å². The number of hydrogen-bond acceptors (Lipinski definition) is 4. The highest BCUT2D eigenvalue weighted by atomic mass is 16.5. The Morgan fingerprint density at radius 1 is 1.38 bits per heavy atom. The Kier molecular flexibility index (Phi) is 4.74. The second-order valence-corrected chi connectivity index (χ2v) is 5.78. The molecule has 1 aromatic carbocycles. The molecule has 0 bridgehead atoms. The molecule has 3 rings (SSSR count). The van der Waals surface area contributed by atoms with Gasteiger partial charge in [0.05, 0.1) is 5.92 Å². The van der Waals surface area contributed by atoms with Gasteiger partial charge in [-0.3, -0.25) is 9.59 Å². The fourth-order valence-electron chi connectivity index (χ4n) is 2.88. The van der Waals surface area contributed by atoms with Crippen LogP contribution in [-0.4, -0.2) is 35.0 Å². The zero-order valence-electron chi connectivity index (χ0n) is 13.3. The Morgan fingerprint density at radius 3 is 3.00 bits per heavy atom. The molecule has 0 unspecified atom stereocenters. The van der Waals surface area contributed by atoms with Gasteiger partial charge in [0.1, 0.15) is 12.0 Å². The second-order valence-electron chi connectivity index (χ2n) is 5.78. The van der Waals surface area contributed by atoms with Crippen LogP contribution in [0.1, 0.15) is 12.8 Å². The van der Waals surface area contributed by atoms with Gasteiger partial charge in [-0.1, -0.05) is 23.9 Å². The highest BCUT2D eigenvalue weighted by Crippen LogP contribution is 2.23. The molecular formula is C18H19N3O3. The predicted octanol–water partition coefficient (Wildman–Crippen LogP) is 2.70. The largest absolute Gasteiger partial charge is 0.364 e. The van der Waals surface area contributed by atoms with Gasteiger partial charge in [0.25, 0.3) is 0 Å². The number of amides is 2. The first-order valence-corrected chi connectivity index (χ1v) is 7.90. The lowest BCUT2D eigenvalue weighted by Gasteiger charge is -2.31. The van der Waals surface area contributed by atoms with Crippen LogP contribution < -0.4 is 5.32 Å². The topological polar surface area (TPSA) is 75.4 Å². The Bertz CT molecular complexity index is 740. The van der Waals surface area contributed by atoms with Crippen molar-refractivity contribution in [2.45, 2.75) is 12.8 Å². The molecular weight excluding hydrogens is 306 g/mol. The van der Waals surface area contributed by atoms with Crippen molar-refractivity contribution in [2.24, 2.45) is 5.92 Å². The van der Waals surface area contributed by atoms with Gasteiger partial charge in [0.2, 0.25) is 11.8 Å². The molecule has 0 saturated carbocycles. The number of benzene rings is 1. The summed E-state index contributed by atoms with van der Waals surface area (Å²) in [5.41, 5.74) is 2.29. The summed E-state index contributed by atoms with van der Waals surface area (Å²) >= 11 is 0. The van der Waals surface area contributed by atoms with E-state index in [0.29, 0.717) is 24.5 Å². The number of likely N-dealkylation sites (tertiary alicyclic amines) is 1. The molecule has 24 heavy (non-hydrogen) atoms. The number of carbonyl (C=O) groups excluding carboxylic acids is 2. The maximum absolute atomic E-state index is 12.5. The first-order chi connectivity index (χ1) is 11.7. The van der Waals surface area contributed by atoms with E-state index in [1.807, 2.05) is 24.3 Å². The summed E-state index contributed by atoms with van der Waals surface area (Å²) in [5, 5.41) is 6.82. The van der Waals surface area contributed by atoms with Crippen molar-refractivity contribution in [3.63, 3.8) is 0 Å². The summed E-state index contributed by atoms with van der Waals surface area (Å²) in [6.07, 6.45) is 4.39. The quantitative estimate of drug-likeness (QED) is 0.877. The molecule has 0 spiro atoms. The third kappa shape index (κ3) is 3.53. The SMILES string of the molecule is C=CC(=O)N1CCC[C@@H](C(=O)Nc2cccc(-c3ccon3)c2)C1. The van der Waals surface area contributed by atoms with Gasteiger partial charge < -0.3 is 14.7 Å². The fraction of sp³-hybridized carbons (Fsp3) is 0.278. The monoisotopic (exact) mass is 325 g/mol. The minimum atomic E-state index is -0.210. The molecule has 124 valence electrons. The summed E-state index contributed by atoms with van der Waals surface area (Å²) < 4.78 is 4.85. The maximum atomic E-state index is 12.5. The molecule has 2 amide bonds. The van der Waals surface area contributed by atoms with Gasteiger partial charge in [-0.25, -0.2) is 0 Å². The number of piperidine rings is 1. The van der Waals surface area contributed by atoms with E-state index in [9.17, 15) is 9.59 Å². The Morgan fingerprint density at radius 2 is 2.25 bits per heavy atom. The average molecular weight is 325 g/mol. The van der Waals surface area contributed by atoms with Crippen LogP contribution in [0.3, 0.4) is 0 Å². The van der Waals surface area contributed by atoms with Crippen molar-refractivity contribution in [1.82, 2.24) is 10.1 Å². The normalized spacial score (nSPS) is 17.3. The third-order valence-electron chi connectivity index (χ3n) is 4.14. The van der Waals surface area contributed by atoms with Crippen LogP contribution in [0.5, 0.6) is 0 Å². The first-order valence-electron chi connectivity index (χ1n) is 7.90. The van der Waals surface area contributed by atoms with Crippen molar-refractivity contribution in [3.05, 3.63) is 49.2 Å². The zero-order valence-corrected chi connectivity index (χ0v) is 13.3. The molecule has 0 aliphatic carbocycles. The molecule has 1 aliphatic heterocycles. The molecule has 1 saturated heterocycles. The molecule has 1 atom stereocenters. The summed E-state index contributed by atoms with van der Waals surface area (Å²) in [7, 11) is 0. The smallest absolute Gasteiger partial charge is 0.245 e. The van der Waals surface area contributed by atoms with Gasteiger partial charge in [-0.15, -0.1) is 0 Å². The number of nitrogens with zero attached hydrogens (tertiary/aromatic N) is 2. The standard InChI is InChI=1S/C18H19N3O3/c1-2-17(22)21-9-4-6-14(12-21)18(23)19-15-7-3-5-13(11-15)16-8-10-24-20-16/h2-3,5,7-8,10-11,14H,1,4,6,9,12H2,(H,19,23)/t14-/m1/s1. The highest BCUT2D eigenvalue weighted by molar-refractivity contribution is 5.94. The predicted molar refractivity (Wildman–Crippen MR) is 90.1 cm³/mol. The van der Waals surface area contributed by atoms with Crippen LogP contribution in [0.25, 0.3) is 11.3 Å². The summed E-state index contributed by atoms with van der Waals surface area (Å²) in [5.74, 6) is -0.409. The number of carbonyl (C=O) groups is 2. The number of anilines is 1. The molecule has 2 aromatic rings. The van der Waals surface area contributed by atoms with Crippen LogP contribution in [0.15, 0.2) is 53.8 Å². The first kappa shape index (κ1) is 16.0. The molecule has 2 heterocycles. The van der Waals surface area contributed by atoms with Crippen LogP contribution in [0.4, 0.5) is 5.69 Å². The molecule has 1 fully saturated rings.